The second-order valence-corrected chi connectivity index (χ2v) is 5.43. The van der Waals surface area contributed by atoms with Gasteiger partial charge in [0.25, 0.3) is 0 Å². The highest BCUT2D eigenvalue weighted by Gasteiger charge is 2.05. The lowest BCUT2D eigenvalue weighted by molar-refractivity contribution is 1.00. The highest BCUT2D eigenvalue weighted by Crippen LogP contribution is 2.27. The number of aromatic nitrogens is 2. The van der Waals surface area contributed by atoms with Crippen LogP contribution in [-0.2, 0) is 6.42 Å². The molecule has 0 aliphatic carbocycles. The summed E-state index contributed by atoms with van der Waals surface area (Å²) in [6.45, 7) is 0.728. The van der Waals surface area contributed by atoms with Crippen molar-refractivity contribution in [2.24, 2.45) is 0 Å². The average molecular weight is 318 g/mol. The third kappa shape index (κ3) is 3.26. The van der Waals surface area contributed by atoms with Crippen LogP contribution in [-0.4, -0.2) is 16.5 Å². The molecule has 0 saturated carbocycles. The monoisotopic (exact) mass is 317 g/mol. The van der Waals surface area contributed by atoms with Crippen LogP contribution in [0.15, 0.2) is 48.8 Å². The van der Waals surface area contributed by atoms with Gasteiger partial charge in [0.2, 0.25) is 0 Å². The van der Waals surface area contributed by atoms with Crippen LogP contribution in [0.25, 0.3) is 10.8 Å². The molecule has 3 aromatic rings. The Bertz CT molecular complexity index is 774. The van der Waals surface area contributed by atoms with Gasteiger partial charge in [0, 0.05) is 18.0 Å². The van der Waals surface area contributed by atoms with Crippen molar-refractivity contribution in [1.29, 1.82) is 0 Å². The van der Waals surface area contributed by atoms with E-state index in [4.69, 9.17) is 23.2 Å². The summed E-state index contributed by atoms with van der Waals surface area (Å²) in [7, 11) is 0. The Hall–Kier alpha value is -1.84. The smallest absolute Gasteiger partial charge is 0.134 e. The maximum absolute atomic E-state index is 6.47. The second-order valence-electron chi connectivity index (χ2n) is 4.66. The molecular formula is C16H13Cl2N3. The van der Waals surface area contributed by atoms with E-state index >= 15 is 0 Å². The molecule has 3 nitrogen and oxygen atoms in total. The number of nitrogens with zero attached hydrogens (tertiary/aromatic N) is 2. The van der Waals surface area contributed by atoms with Crippen molar-refractivity contribution in [1.82, 2.24) is 9.97 Å². The molecular weight excluding hydrogens is 305 g/mol. The van der Waals surface area contributed by atoms with Crippen LogP contribution in [0.1, 0.15) is 5.56 Å². The molecule has 0 amide bonds. The number of nitrogens with one attached hydrogen (secondary N) is 1. The summed E-state index contributed by atoms with van der Waals surface area (Å²) in [5.74, 6) is 0.715. The van der Waals surface area contributed by atoms with Crippen molar-refractivity contribution in [2.45, 2.75) is 6.42 Å². The predicted molar refractivity (Wildman–Crippen MR) is 88.2 cm³/mol. The SMILES string of the molecule is Clc1cc(NCCc2ccc3ccccc3c2Cl)ncn1. The largest absolute Gasteiger partial charge is 0.370 e. The van der Waals surface area contributed by atoms with Gasteiger partial charge < -0.3 is 5.32 Å². The number of fused-ring (bicyclic) bond motifs is 1. The van der Waals surface area contributed by atoms with Crippen LogP contribution in [0, 0.1) is 0 Å². The molecule has 0 bridgehead atoms. The molecule has 0 fully saturated rings. The molecule has 0 aliphatic rings. The minimum Gasteiger partial charge on any atom is -0.370 e. The molecule has 5 heteroatoms. The molecule has 0 saturated heterocycles. The quantitative estimate of drug-likeness (QED) is 0.715. The summed E-state index contributed by atoms with van der Waals surface area (Å²) in [5.41, 5.74) is 1.11. The van der Waals surface area contributed by atoms with Crippen LogP contribution in [0.2, 0.25) is 10.2 Å². The molecule has 1 N–H and O–H groups in total. The van der Waals surface area contributed by atoms with Gasteiger partial charge in [-0.05, 0) is 17.4 Å². The van der Waals surface area contributed by atoms with E-state index in [9.17, 15) is 0 Å². The van der Waals surface area contributed by atoms with E-state index in [2.05, 4.69) is 33.5 Å². The van der Waals surface area contributed by atoms with Gasteiger partial charge in [0.05, 0.1) is 5.02 Å². The molecule has 2 aromatic carbocycles. The number of hydrogen-bond acceptors (Lipinski definition) is 3. The lowest BCUT2D eigenvalue weighted by atomic mass is 10.0. The van der Waals surface area contributed by atoms with Gasteiger partial charge in [-0.15, -0.1) is 0 Å². The van der Waals surface area contributed by atoms with E-state index in [1.54, 1.807) is 6.07 Å². The van der Waals surface area contributed by atoms with E-state index in [0.717, 1.165) is 34.3 Å². The van der Waals surface area contributed by atoms with Crippen LogP contribution < -0.4 is 5.32 Å². The Balaban J connectivity index is 1.72. The van der Waals surface area contributed by atoms with Gasteiger partial charge >= 0.3 is 0 Å². The summed E-state index contributed by atoms with van der Waals surface area (Å²) >= 11 is 12.3. The molecule has 106 valence electrons. The fraction of sp³-hybridized carbons (Fsp3) is 0.125. The van der Waals surface area contributed by atoms with E-state index in [1.165, 1.54) is 6.33 Å². The second kappa shape index (κ2) is 6.29. The van der Waals surface area contributed by atoms with Gasteiger partial charge in [0.1, 0.15) is 17.3 Å². The van der Waals surface area contributed by atoms with Gasteiger partial charge in [-0.1, -0.05) is 59.6 Å². The number of hydrogen-bond donors (Lipinski definition) is 1. The molecule has 0 radical (unpaired) electrons. The van der Waals surface area contributed by atoms with E-state index in [-0.39, 0.29) is 0 Å². The summed E-state index contributed by atoms with van der Waals surface area (Å²) < 4.78 is 0. The topological polar surface area (TPSA) is 37.8 Å². The predicted octanol–water partition coefficient (Wildman–Crippen LogP) is 4.59. The van der Waals surface area contributed by atoms with E-state index < -0.39 is 0 Å². The Kier molecular flexibility index (Phi) is 4.23. The van der Waals surface area contributed by atoms with Crippen molar-refractivity contribution in [3.63, 3.8) is 0 Å². The van der Waals surface area contributed by atoms with Crippen molar-refractivity contribution in [3.8, 4) is 0 Å². The normalized spacial score (nSPS) is 10.8. The fourth-order valence-electron chi connectivity index (χ4n) is 2.23. The molecule has 0 unspecified atom stereocenters. The highest BCUT2D eigenvalue weighted by atomic mass is 35.5. The average Bonchev–Trinajstić information content (AvgIpc) is 2.50. The van der Waals surface area contributed by atoms with Crippen LogP contribution in [0.5, 0.6) is 0 Å². The Morgan fingerprint density at radius 2 is 1.86 bits per heavy atom. The third-order valence-electron chi connectivity index (χ3n) is 3.28. The zero-order chi connectivity index (χ0) is 14.7. The van der Waals surface area contributed by atoms with E-state index in [1.807, 2.05) is 18.2 Å². The van der Waals surface area contributed by atoms with Crippen molar-refractivity contribution >= 4 is 39.8 Å². The molecule has 3 rings (SSSR count). The molecule has 0 aliphatic heterocycles. The van der Waals surface area contributed by atoms with Crippen LogP contribution in [0.4, 0.5) is 5.82 Å². The van der Waals surface area contributed by atoms with Crippen LogP contribution in [0.3, 0.4) is 0 Å². The van der Waals surface area contributed by atoms with Gasteiger partial charge in [-0.3, -0.25) is 0 Å². The first kappa shape index (κ1) is 14.1. The number of halogens is 2. The molecule has 1 aromatic heterocycles. The summed E-state index contributed by atoms with van der Waals surface area (Å²) in [6.07, 6.45) is 2.25. The first-order chi connectivity index (χ1) is 10.2. The molecule has 21 heavy (non-hydrogen) atoms. The van der Waals surface area contributed by atoms with Crippen molar-refractivity contribution in [2.75, 3.05) is 11.9 Å². The molecule has 1 heterocycles. The Morgan fingerprint density at radius 1 is 1.00 bits per heavy atom. The van der Waals surface area contributed by atoms with Gasteiger partial charge in [-0.2, -0.15) is 0 Å². The maximum atomic E-state index is 6.47. The summed E-state index contributed by atoms with van der Waals surface area (Å²) in [4.78, 5) is 7.95. The maximum Gasteiger partial charge on any atom is 0.134 e. The number of benzene rings is 2. The van der Waals surface area contributed by atoms with E-state index in [0.29, 0.717) is 11.0 Å². The lowest BCUT2D eigenvalue weighted by Crippen LogP contribution is -2.06. The molecule has 0 atom stereocenters. The minimum atomic E-state index is 0.427. The molecule has 0 spiro atoms. The standard InChI is InChI=1S/C16H13Cl2N3/c17-14-9-15(21-10-20-14)19-8-7-12-6-5-11-3-1-2-4-13(11)16(12)18/h1-6,9-10H,7-8H2,(H,19,20,21). The number of anilines is 1. The van der Waals surface area contributed by atoms with Gasteiger partial charge in [0.15, 0.2) is 0 Å². The summed E-state index contributed by atoms with van der Waals surface area (Å²) in [5, 5.41) is 6.70. The lowest BCUT2D eigenvalue weighted by Gasteiger charge is -2.09. The van der Waals surface area contributed by atoms with Gasteiger partial charge in [-0.25, -0.2) is 9.97 Å². The highest BCUT2D eigenvalue weighted by molar-refractivity contribution is 6.36. The fourth-order valence-corrected chi connectivity index (χ4v) is 2.70. The number of rotatable bonds is 4. The van der Waals surface area contributed by atoms with Crippen molar-refractivity contribution in [3.05, 3.63) is 64.5 Å². The Morgan fingerprint density at radius 3 is 2.71 bits per heavy atom. The first-order valence-electron chi connectivity index (χ1n) is 6.61. The Labute approximate surface area is 132 Å². The minimum absolute atomic E-state index is 0.427. The van der Waals surface area contributed by atoms with Crippen molar-refractivity contribution < 1.29 is 0 Å². The zero-order valence-electron chi connectivity index (χ0n) is 11.2. The third-order valence-corrected chi connectivity index (χ3v) is 3.93. The first-order valence-corrected chi connectivity index (χ1v) is 7.37. The van der Waals surface area contributed by atoms with Crippen LogP contribution >= 0.6 is 23.2 Å². The zero-order valence-corrected chi connectivity index (χ0v) is 12.7. The summed E-state index contributed by atoms with van der Waals surface area (Å²) in [6, 6.07) is 14.0.